The Hall–Kier alpha value is -2.17. The predicted molar refractivity (Wildman–Crippen MR) is 83.5 cm³/mol. The number of halogens is 3. The molecule has 1 heterocycles. The molecule has 0 spiro atoms. The molecule has 0 N–H and O–H groups in total. The third-order valence-electron chi connectivity index (χ3n) is 2.94. The van der Waals surface area contributed by atoms with E-state index in [0.29, 0.717) is 21.2 Å². The Morgan fingerprint density at radius 2 is 1.91 bits per heavy atom. The van der Waals surface area contributed by atoms with Gasteiger partial charge in [0.15, 0.2) is 5.70 Å². The fourth-order valence-corrected chi connectivity index (χ4v) is 2.21. The van der Waals surface area contributed by atoms with E-state index in [9.17, 15) is 9.18 Å². The van der Waals surface area contributed by atoms with Gasteiger partial charge in [-0.3, -0.25) is 0 Å². The van der Waals surface area contributed by atoms with E-state index in [-0.39, 0.29) is 11.6 Å². The largest absolute Gasteiger partial charge is 0.402 e. The van der Waals surface area contributed by atoms with Crippen LogP contribution in [-0.2, 0) is 9.53 Å². The highest BCUT2D eigenvalue weighted by Gasteiger charge is 2.24. The van der Waals surface area contributed by atoms with Crippen molar-refractivity contribution in [1.29, 1.82) is 0 Å². The molecule has 1 aliphatic heterocycles. The van der Waals surface area contributed by atoms with Crippen LogP contribution in [0.25, 0.3) is 6.08 Å². The summed E-state index contributed by atoms with van der Waals surface area (Å²) < 4.78 is 18.3. The Bertz CT molecular complexity index is 831. The lowest BCUT2D eigenvalue weighted by atomic mass is 10.2. The monoisotopic (exact) mass is 335 g/mol. The van der Waals surface area contributed by atoms with Gasteiger partial charge in [0.05, 0.1) is 10.0 Å². The van der Waals surface area contributed by atoms with Crippen molar-refractivity contribution in [3.05, 3.63) is 75.2 Å². The number of aliphatic imine (C=N–C) groups is 1. The molecule has 110 valence electrons. The van der Waals surface area contributed by atoms with E-state index in [2.05, 4.69) is 4.99 Å². The summed E-state index contributed by atoms with van der Waals surface area (Å²) in [4.78, 5) is 16.0. The van der Waals surface area contributed by atoms with E-state index >= 15 is 0 Å². The molecule has 22 heavy (non-hydrogen) atoms. The zero-order chi connectivity index (χ0) is 15.7. The minimum atomic E-state index is -0.606. The average Bonchev–Trinajstić information content (AvgIpc) is 2.83. The molecular formula is C16H8Cl2FNO2. The Balaban J connectivity index is 1.96. The zero-order valence-electron chi connectivity index (χ0n) is 11.0. The van der Waals surface area contributed by atoms with Crippen LogP contribution >= 0.6 is 23.2 Å². The summed E-state index contributed by atoms with van der Waals surface area (Å²) in [7, 11) is 0. The molecule has 1 aliphatic rings. The van der Waals surface area contributed by atoms with Gasteiger partial charge in [-0.15, -0.1) is 0 Å². The SMILES string of the molecule is O=C1OC(c2ccc(Cl)c(Cl)c2)=NC1=Cc1cccc(F)c1. The molecule has 0 amide bonds. The van der Waals surface area contributed by atoms with Crippen molar-refractivity contribution in [3.63, 3.8) is 0 Å². The fraction of sp³-hybridized carbons (Fsp3) is 0. The normalized spacial score (nSPS) is 15.9. The molecule has 0 radical (unpaired) electrons. The first-order valence-electron chi connectivity index (χ1n) is 6.26. The molecule has 2 aromatic rings. The number of carbonyl (C=O) groups is 1. The molecule has 0 aromatic heterocycles. The molecule has 0 atom stereocenters. The van der Waals surface area contributed by atoms with Gasteiger partial charge in [-0.05, 0) is 42.0 Å². The van der Waals surface area contributed by atoms with Gasteiger partial charge in [-0.2, -0.15) is 0 Å². The van der Waals surface area contributed by atoms with E-state index < -0.39 is 11.8 Å². The predicted octanol–water partition coefficient (Wildman–Crippen LogP) is 4.48. The highest BCUT2D eigenvalue weighted by atomic mass is 35.5. The van der Waals surface area contributed by atoms with Crippen LogP contribution < -0.4 is 0 Å². The molecule has 0 unspecified atom stereocenters. The second kappa shape index (κ2) is 5.91. The number of ether oxygens (including phenoxy) is 1. The smallest absolute Gasteiger partial charge is 0.363 e. The number of hydrogen-bond acceptors (Lipinski definition) is 3. The van der Waals surface area contributed by atoms with E-state index in [4.69, 9.17) is 27.9 Å². The lowest BCUT2D eigenvalue weighted by Gasteiger charge is -2.01. The number of cyclic esters (lactones) is 1. The molecule has 3 rings (SSSR count). The first kappa shape index (κ1) is 14.8. The second-order valence-corrected chi connectivity index (χ2v) is 5.33. The van der Waals surface area contributed by atoms with Crippen molar-refractivity contribution in [2.75, 3.05) is 0 Å². The highest BCUT2D eigenvalue weighted by molar-refractivity contribution is 6.42. The quantitative estimate of drug-likeness (QED) is 0.599. The Morgan fingerprint density at radius 1 is 1.09 bits per heavy atom. The van der Waals surface area contributed by atoms with Crippen LogP contribution in [0.5, 0.6) is 0 Å². The van der Waals surface area contributed by atoms with Crippen LogP contribution in [0.3, 0.4) is 0 Å². The third-order valence-corrected chi connectivity index (χ3v) is 3.68. The van der Waals surface area contributed by atoms with Crippen molar-refractivity contribution in [1.82, 2.24) is 0 Å². The van der Waals surface area contributed by atoms with Gasteiger partial charge < -0.3 is 4.74 Å². The second-order valence-electron chi connectivity index (χ2n) is 4.52. The summed E-state index contributed by atoms with van der Waals surface area (Å²) in [5, 5.41) is 0.728. The lowest BCUT2D eigenvalue weighted by molar-refractivity contribution is -0.129. The molecule has 0 bridgehead atoms. The van der Waals surface area contributed by atoms with Crippen LogP contribution in [0.4, 0.5) is 4.39 Å². The Labute approximate surface area is 135 Å². The number of nitrogens with zero attached hydrogens (tertiary/aromatic N) is 1. The van der Waals surface area contributed by atoms with Gasteiger partial charge in [0.25, 0.3) is 0 Å². The molecule has 0 saturated carbocycles. The average molecular weight is 336 g/mol. The topological polar surface area (TPSA) is 38.7 Å². The molecular weight excluding hydrogens is 328 g/mol. The molecule has 3 nitrogen and oxygen atoms in total. The van der Waals surface area contributed by atoms with Gasteiger partial charge in [-0.25, -0.2) is 14.2 Å². The summed E-state index contributed by atoms with van der Waals surface area (Å²) >= 11 is 11.8. The summed E-state index contributed by atoms with van der Waals surface area (Å²) in [5.41, 5.74) is 1.14. The maximum atomic E-state index is 13.2. The summed E-state index contributed by atoms with van der Waals surface area (Å²) in [5.74, 6) is -0.869. The number of rotatable bonds is 2. The number of carbonyl (C=O) groups excluding carboxylic acids is 1. The summed E-state index contributed by atoms with van der Waals surface area (Å²) in [6, 6.07) is 10.6. The van der Waals surface area contributed by atoms with E-state index in [1.807, 2.05) is 0 Å². The first-order chi connectivity index (χ1) is 10.5. The highest BCUT2D eigenvalue weighted by Crippen LogP contribution is 2.25. The molecule has 0 aliphatic carbocycles. The Kier molecular flexibility index (Phi) is 3.96. The van der Waals surface area contributed by atoms with Crippen LogP contribution in [0.15, 0.2) is 53.2 Å². The van der Waals surface area contributed by atoms with Crippen LogP contribution in [0.2, 0.25) is 10.0 Å². The molecule has 6 heteroatoms. The van der Waals surface area contributed by atoms with Crippen molar-refractivity contribution in [2.24, 2.45) is 4.99 Å². The van der Waals surface area contributed by atoms with Gasteiger partial charge in [0.1, 0.15) is 5.82 Å². The van der Waals surface area contributed by atoms with Crippen molar-refractivity contribution in [2.45, 2.75) is 0 Å². The lowest BCUT2D eigenvalue weighted by Crippen LogP contribution is -2.05. The fourth-order valence-electron chi connectivity index (χ4n) is 1.92. The zero-order valence-corrected chi connectivity index (χ0v) is 12.5. The van der Waals surface area contributed by atoms with Gasteiger partial charge in [-0.1, -0.05) is 35.3 Å². The minimum absolute atomic E-state index is 0.0895. The van der Waals surface area contributed by atoms with Crippen LogP contribution in [0, 0.1) is 5.82 Å². The van der Waals surface area contributed by atoms with Gasteiger partial charge in [0.2, 0.25) is 5.90 Å². The first-order valence-corrected chi connectivity index (χ1v) is 7.02. The third kappa shape index (κ3) is 3.03. The number of esters is 1. The molecule has 2 aromatic carbocycles. The number of hydrogen-bond donors (Lipinski definition) is 0. The molecule has 0 fully saturated rings. The van der Waals surface area contributed by atoms with E-state index in [0.717, 1.165) is 0 Å². The van der Waals surface area contributed by atoms with E-state index in [1.54, 1.807) is 30.3 Å². The number of benzene rings is 2. The van der Waals surface area contributed by atoms with Gasteiger partial charge in [0, 0.05) is 5.56 Å². The minimum Gasteiger partial charge on any atom is -0.402 e. The maximum Gasteiger partial charge on any atom is 0.363 e. The summed E-state index contributed by atoms with van der Waals surface area (Å²) in [6.07, 6.45) is 1.45. The van der Waals surface area contributed by atoms with Crippen molar-refractivity contribution in [3.8, 4) is 0 Å². The van der Waals surface area contributed by atoms with Crippen LogP contribution in [0.1, 0.15) is 11.1 Å². The van der Waals surface area contributed by atoms with Gasteiger partial charge >= 0.3 is 5.97 Å². The standard InChI is InChI=1S/C16H8Cl2FNO2/c17-12-5-4-10(8-13(12)18)15-20-14(16(21)22-15)7-9-2-1-3-11(19)6-9/h1-8H. The molecule has 0 saturated heterocycles. The van der Waals surface area contributed by atoms with Crippen molar-refractivity contribution < 1.29 is 13.9 Å². The van der Waals surface area contributed by atoms with Crippen LogP contribution in [-0.4, -0.2) is 11.9 Å². The Morgan fingerprint density at radius 3 is 2.64 bits per heavy atom. The summed E-state index contributed by atoms with van der Waals surface area (Å²) in [6.45, 7) is 0. The van der Waals surface area contributed by atoms with Crippen molar-refractivity contribution >= 4 is 41.1 Å². The maximum absolute atomic E-state index is 13.2. The van der Waals surface area contributed by atoms with E-state index in [1.165, 1.54) is 18.2 Å².